The number of nitrogens with zero attached hydrogens (tertiary/aromatic N) is 1. The van der Waals surface area contributed by atoms with E-state index in [-0.39, 0.29) is 19.1 Å². The molecule has 1 aromatic heterocycles. The molecule has 0 unspecified atom stereocenters. The number of anilines is 1. The number of carbonyl (C=O) groups is 2. The van der Waals surface area contributed by atoms with Gasteiger partial charge in [-0.3, -0.25) is 4.79 Å². The Morgan fingerprint density at radius 1 is 1.00 bits per heavy atom. The summed E-state index contributed by atoms with van der Waals surface area (Å²) in [6.07, 6.45) is 1.43. The van der Waals surface area contributed by atoms with Crippen molar-refractivity contribution in [3.63, 3.8) is 0 Å². The van der Waals surface area contributed by atoms with E-state index < -0.39 is 11.6 Å². The summed E-state index contributed by atoms with van der Waals surface area (Å²) in [5, 5.41) is 2.65. The first-order valence-electron chi connectivity index (χ1n) is 10.7. The average molecular weight is 443 g/mol. The van der Waals surface area contributed by atoms with Gasteiger partial charge in [-0.05, 0) is 47.5 Å². The van der Waals surface area contributed by atoms with Crippen LogP contribution >= 0.6 is 0 Å². The quantitative estimate of drug-likeness (QED) is 0.252. The van der Waals surface area contributed by atoms with Crippen LogP contribution in [-0.2, 0) is 20.9 Å². The smallest absolute Gasteiger partial charge is 0.344 e. The Labute approximate surface area is 189 Å². The molecule has 0 N–H and O–H groups in total. The Hall–Kier alpha value is -4.13. The molecule has 2 heterocycles. The lowest BCUT2D eigenvalue weighted by Gasteiger charge is -2.16. The lowest BCUT2D eigenvalue weighted by molar-refractivity contribution is -0.147. The second-order valence-corrected chi connectivity index (χ2v) is 7.84. The van der Waals surface area contributed by atoms with Gasteiger partial charge in [0, 0.05) is 35.7 Å². The summed E-state index contributed by atoms with van der Waals surface area (Å²) in [6.45, 7) is 0.365. The monoisotopic (exact) mass is 443 g/mol. The Balaban J connectivity index is 1.25. The van der Waals surface area contributed by atoms with Crippen molar-refractivity contribution in [1.29, 1.82) is 0 Å². The van der Waals surface area contributed by atoms with E-state index in [0.717, 1.165) is 28.3 Å². The van der Waals surface area contributed by atoms with Gasteiger partial charge in [0.2, 0.25) is 5.91 Å². The minimum absolute atomic E-state index is 0.0751. The maximum atomic E-state index is 12.3. The topological polar surface area (TPSA) is 86.0 Å². The molecule has 4 aromatic rings. The van der Waals surface area contributed by atoms with Crippen LogP contribution in [0.25, 0.3) is 21.7 Å². The molecule has 0 aliphatic carbocycles. The van der Waals surface area contributed by atoms with Gasteiger partial charge in [0.05, 0.1) is 0 Å². The zero-order chi connectivity index (χ0) is 22.8. The minimum atomic E-state index is -0.560. The van der Waals surface area contributed by atoms with Crippen molar-refractivity contribution in [3.05, 3.63) is 82.7 Å². The van der Waals surface area contributed by atoms with Gasteiger partial charge < -0.3 is 18.8 Å². The first kappa shape index (κ1) is 20.8. The predicted molar refractivity (Wildman–Crippen MR) is 123 cm³/mol. The molecule has 33 heavy (non-hydrogen) atoms. The van der Waals surface area contributed by atoms with E-state index in [4.69, 9.17) is 13.9 Å². The SMILES string of the molecule is O=C(COc1ccc(N2CCCC2=O)cc1)OCc1cc(=O)oc2ccc3ccccc3c12. The molecule has 0 saturated carbocycles. The Bertz CT molecular complexity index is 1410. The van der Waals surface area contributed by atoms with Crippen molar-refractivity contribution in [1.82, 2.24) is 0 Å². The molecule has 1 aliphatic heterocycles. The van der Waals surface area contributed by atoms with Crippen molar-refractivity contribution in [2.75, 3.05) is 18.1 Å². The summed E-state index contributed by atoms with van der Waals surface area (Å²) >= 11 is 0. The summed E-state index contributed by atoms with van der Waals surface area (Å²) in [5.41, 5.74) is 1.33. The first-order valence-corrected chi connectivity index (χ1v) is 10.7. The minimum Gasteiger partial charge on any atom is -0.482 e. The number of carbonyl (C=O) groups excluding carboxylic acids is 2. The largest absolute Gasteiger partial charge is 0.482 e. The molecule has 7 nitrogen and oxygen atoms in total. The molecule has 1 amide bonds. The first-order chi connectivity index (χ1) is 16.1. The highest BCUT2D eigenvalue weighted by Crippen LogP contribution is 2.28. The lowest BCUT2D eigenvalue weighted by Crippen LogP contribution is -2.23. The van der Waals surface area contributed by atoms with Crippen LogP contribution in [0, 0.1) is 0 Å². The summed E-state index contributed by atoms with van der Waals surface area (Å²) in [6, 6.07) is 19.7. The molecule has 166 valence electrons. The zero-order valence-corrected chi connectivity index (χ0v) is 17.8. The summed E-state index contributed by atoms with van der Waals surface area (Å²) in [4.78, 5) is 37.9. The summed E-state index contributed by atoms with van der Waals surface area (Å²) in [5.74, 6) is 0.0528. The van der Waals surface area contributed by atoms with E-state index in [9.17, 15) is 14.4 Å². The van der Waals surface area contributed by atoms with Gasteiger partial charge in [-0.1, -0.05) is 30.3 Å². The van der Waals surface area contributed by atoms with E-state index in [1.54, 1.807) is 35.2 Å². The van der Waals surface area contributed by atoms with Crippen LogP contribution < -0.4 is 15.3 Å². The predicted octanol–water partition coefficient (Wildman–Crippen LogP) is 4.20. The van der Waals surface area contributed by atoms with E-state index in [0.29, 0.717) is 29.9 Å². The fraction of sp³-hybridized carbons (Fsp3) is 0.192. The van der Waals surface area contributed by atoms with Gasteiger partial charge in [-0.25, -0.2) is 9.59 Å². The van der Waals surface area contributed by atoms with Gasteiger partial charge in [0.1, 0.15) is 17.9 Å². The van der Waals surface area contributed by atoms with Crippen LogP contribution in [0.2, 0.25) is 0 Å². The summed E-state index contributed by atoms with van der Waals surface area (Å²) < 4.78 is 16.2. The van der Waals surface area contributed by atoms with Crippen LogP contribution in [0.15, 0.2) is 75.9 Å². The van der Waals surface area contributed by atoms with E-state index >= 15 is 0 Å². The van der Waals surface area contributed by atoms with Crippen molar-refractivity contribution in [3.8, 4) is 5.75 Å². The molecule has 0 bridgehead atoms. The Morgan fingerprint density at radius 3 is 2.61 bits per heavy atom. The molecule has 7 heteroatoms. The lowest BCUT2D eigenvalue weighted by atomic mass is 10.0. The molecule has 0 atom stereocenters. The molecule has 5 rings (SSSR count). The van der Waals surface area contributed by atoms with Crippen LogP contribution in [0.3, 0.4) is 0 Å². The van der Waals surface area contributed by atoms with Crippen molar-refractivity contribution >= 4 is 39.3 Å². The number of amides is 1. The number of hydrogen-bond acceptors (Lipinski definition) is 6. The summed E-state index contributed by atoms with van der Waals surface area (Å²) in [7, 11) is 0. The number of benzene rings is 3. The van der Waals surface area contributed by atoms with Gasteiger partial charge in [0.25, 0.3) is 0 Å². The second kappa shape index (κ2) is 8.78. The molecular weight excluding hydrogens is 422 g/mol. The third-order valence-electron chi connectivity index (χ3n) is 5.68. The number of esters is 1. The van der Waals surface area contributed by atoms with Crippen molar-refractivity contribution < 1.29 is 23.5 Å². The van der Waals surface area contributed by atoms with Gasteiger partial charge in [-0.15, -0.1) is 0 Å². The van der Waals surface area contributed by atoms with Gasteiger partial charge in [-0.2, -0.15) is 0 Å². The Kier molecular flexibility index (Phi) is 5.52. The molecular formula is C26H21NO6. The van der Waals surface area contributed by atoms with Crippen LogP contribution in [0.1, 0.15) is 18.4 Å². The molecule has 0 radical (unpaired) electrons. The fourth-order valence-electron chi connectivity index (χ4n) is 4.12. The maximum Gasteiger partial charge on any atom is 0.344 e. The Morgan fingerprint density at radius 2 is 1.82 bits per heavy atom. The normalized spacial score (nSPS) is 13.6. The molecule has 1 aliphatic rings. The molecule has 1 fully saturated rings. The van der Waals surface area contributed by atoms with E-state index in [1.807, 2.05) is 30.3 Å². The standard InChI is InChI=1S/C26H21NO6/c28-23-6-3-13-27(23)19-8-10-20(11-9-19)31-16-25(30)32-15-18-14-24(29)33-22-12-7-17-4-1-2-5-21(17)26(18)22/h1-2,4-5,7-12,14H,3,6,13,15-16H2. The van der Waals surface area contributed by atoms with Gasteiger partial charge in [0.15, 0.2) is 6.61 Å². The molecule has 1 saturated heterocycles. The highest BCUT2D eigenvalue weighted by Gasteiger charge is 2.21. The third-order valence-corrected chi connectivity index (χ3v) is 5.68. The van der Waals surface area contributed by atoms with Crippen LogP contribution in [0.5, 0.6) is 5.75 Å². The van der Waals surface area contributed by atoms with Crippen LogP contribution in [-0.4, -0.2) is 25.0 Å². The fourth-order valence-corrected chi connectivity index (χ4v) is 4.12. The molecule has 0 spiro atoms. The highest BCUT2D eigenvalue weighted by molar-refractivity contribution is 6.07. The number of ether oxygens (including phenoxy) is 2. The highest BCUT2D eigenvalue weighted by atomic mass is 16.6. The number of hydrogen-bond donors (Lipinski definition) is 0. The third kappa shape index (κ3) is 4.30. The molecule has 3 aromatic carbocycles. The van der Waals surface area contributed by atoms with E-state index in [2.05, 4.69) is 0 Å². The number of rotatable bonds is 6. The second-order valence-electron chi connectivity index (χ2n) is 7.84. The average Bonchev–Trinajstić information content (AvgIpc) is 3.27. The zero-order valence-electron chi connectivity index (χ0n) is 17.8. The number of fused-ring (bicyclic) bond motifs is 3. The maximum absolute atomic E-state index is 12.3. The van der Waals surface area contributed by atoms with Gasteiger partial charge >= 0.3 is 11.6 Å². The van der Waals surface area contributed by atoms with Crippen LogP contribution in [0.4, 0.5) is 5.69 Å². The van der Waals surface area contributed by atoms with E-state index in [1.165, 1.54) is 6.07 Å². The van der Waals surface area contributed by atoms with Crippen molar-refractivity contribution in [2.45, 2.75) is 19.4 Å². The van der Waals surface area contributed by atoms with Crippen molar-refractivity contribution in [2.24, 2.45) is 0 Å².